The maximum atomic E-state index is 13.9. The number of likely N-dealkylation sites (tertiary alicyclic amines) is 1. The normalized spacial score (nSPS) is 19.9. The molecule has 1 aliphatic rings. The molecule has 5 nitrogen and oxygen atoms in total. The highest BCUT2D eigenvalue weighted by atomic mass is 79.9. The van der Waals surface area contributed by atoms with E-state index in [2.05, 4.69) is 4.98 Å². The summed E-state index contributed by atoms with van der Waals surface area (Å²) in [4.78, 5) is 29.6. The second-order valence-electron chi connectivity index (χ2n) is 8.69. The third kappa shape index (κ3) is 6.34. The van der Waals surface area contributed by atoms with Crippen molar-refractivity contribution in [1.29, 1.82) is 0 Å². The molecule has 0 radical (unpaired) electrons. The van der Waals surface area contributed by atoms with Crippen molar-refractivity contribution < 1.29 is 44.6 Å². The Bertz CT molecular complexity index is 1090. The summed E-state index contributed by atoms with van der Waals surface area (Å²) in [6, 6.07) is 11.6. The SMILES string of the molecule is C[N+]1(CC(=O)c2nccs2)CCC(C(=O)OC(c2cccc(F)c2)c2cccc(F)c2)CC1.[Br-]. The van der Waals surface area contributed by atoms with Gasteiger partial charge >= 0.3 is 5.97 Å². The standard InChI is InChI=1S/C25H25F2N2O3S.BrH/c1-29(16-22(30)24-28-10-13-33-24)11-8-17(9-12-29)25(31)32-23(18-4-2-6-20(26)14-18)19-5-3-7-21(27)15-19;/h2-7,10,13-15,17,23H,8-9,11-12,16H2,1H3;1H/q+1;/p-1. The van der Waals surface area contributed by atoms with E-state index in [0.29, 0.717) is 53.1 Å². The number of ketones is 1. The number of hydrogen-bond donors (Lipinski definition) is 0. The van der Waals surface area contributed by atoms with Gasteiger partial charge in [-0.1, -0.05) is 24.3 Å². The largest absolute Gasteiger partial charge is 1.00 e. The maximum Gasteiger partial charge on any atom is 0.310 e. The number of hydrogen-bond acceptors (Lipinski definition) is 5. The monoisotopic (exact) mass is 550 g/mol. The van der Waals surface area contributed by atoms with Crippen LogP contribution in [0.15, 0.2) is 60.1 Å². The minimum atomic E-state index is -0.904. The minimum absolute atomic E-state index is 0. The number of ether oxygens (including phenoxy) is 1. The molecular weight excluding hydrogens is 526 g/mol. The van der Waals surface area contributed by atoms with Crippen LogP contribution in [-0.2, 0) is 9.53 Å². The van der Waals surface area contributed by atoms with Crippen LogP contribution in [0.25, 0.3) is 0 Å². The number of benzene rings is 2. The summed E-state index contributed by atoms with van der Waals surface area (Å²) in [5.74, 6) is -1.64. The molecule has 0 bridgehead atoms. The van der Waals surface area contributed by atoms with E-state index >= 15 is 0 Å². The first kappa shape index (κ1) is 26.1. The molecule has 2 aromatic carbocycles. The number of Topliss-reactive ketones (excluding diaryl/α,β-unsaturated/α-hetero) is 1. The van der Waals surface area contributed by atoms with Gasteiger partial charge in [-0.2, -0.15) is 0 Å². The van der Waals surface area contributed by atoms with Gasteiger partial charge < -0.3 is 26.2 Å². The van der Waals surface area contributed by atoms with Crippen LogP contribution in [0, 0.1) is 17.6 Å². The fraction of sp³-hybridized carbons (Fsp3) is 0.320. The molecule has 4 rings (SSSR count). The molecule has 1 aliphatic heterocycles. The lowest BCUT2D eigenvalue weighted by Gasteiger charge is -2.39. The average molecular weight is 551 g/mol. The van der Waals surface area contributed by atoms with Gasteiger partial charge in [0.2, 0.25) is 5.78 Å². The van der Waals surface area contributed by atoms with E-state index in [4.69, 9.17) is 4.74 Å². The Morgan fingerprint density at radius 2 is 1.68 bits per heavy atom. The van der Waals surface area contributed by atoms with Gasteiger partial charge in [-0.3, -0.25) is 9.59 Å². The Balaban J connectivity index is 0.00000324. The number of likely N-dealkylation sites (N-methyl/N-ethyl adjacent to an activating group) is 1. The number of carbonyl (C=O) groups excluding carboxylic acids is 2. The predicted octanol–water partition coefficient (Wildman–Crippen LogP) is 1.80. The molecule has 0 aliphatic carbocycles. The van der Waals surface area contributed by atoms with Gasteiger partial charge in [0, 0.05) is 24.4 Å². The molecule has 0 unspecified atom stereocenters. The third-order valence-electron chi connectivity index (χ3n) is 6.10. The fourth-order valence-electron chi connectivity index (χ4n) is 4.24. The molecule has 180 valence electrons. The van der Waals surface area contributed by atoms with Crippen LogP contribution in [0.4, 0.5) is 8.78 Å². The van der Waals surface area contributed by atoms with Gasteiger partial charge in [0.05, 0.1) is 26.1 Å². The molecule has 0 spiro atoms. The van der Waals surface area contributed by atoms with Gasteiger partial charge in [-0.25, -0.2) is 13.8 Å². The molecule has 1 aromatic heterocycles. The second-order valence-corrected chi connectivity index (χ2v) is 9.58. The number of quaternary nitrogens is 1. The summed E-state index contributed by atoms with van der Waals surface area (Å²) in [5.41, 5.74) is 0.888. The molecule has 0 atom stereocenters. The molecule has 1 fully saturated rings. The third-order valence-corrected chi connectivity index (χ3v) is 6.92. The summed E-state index contributed by atoms with van der Waals surface area (Å²) in [5, 5.41) is 2.28. The molecule has 1 saturated heterocycles. The lowest BCUT2D eigenvalue weighted by atomic mass is 9.94. The van der Waals surface area contributed by atoms with Crippen molar-refractivity contribution in [1.82, 2.24) is 4.98 Å². The molecule has 9 heteroatoms. The van der Waals surface area contributed by atoms with Crippen molar-refractivity contribution in [2.75, 3.05) is 26.7 Å². The Morgan fingerprint density at radius 3 is 2.18 bits per heavy atom. The number of rotatable bonds is 7. The van der Waals surface area contributed by atoms with E-state index in [1.165, 1.54) is 47.7 Å². The maximum absolute atomic E-state index is 13.9. The average Bonchev–Trinajstić information content (AvgIpc) is 3.33. The molecule has 3 aromatic rings. The quantitative estimate of drug-likeness (QED) is 0.256. The first-order chi connectivity index (χ1) is 15.8. The van der Waals surface area contributed by atoms with Crippen LogP contribution in [-0.4, -0.2) is 47.9 Å². The molecule has 0 N–H and O–H groups in total. The van der Waals surface area contributed by atoms with Crippen LogP contribution >= 0.6 is 11.3 Å². The van der Waals surface area contributed by atoms with Crippen molar-refractivity contribution >= 4 is 23.1 Å². The minimum Gasteiger partial charge on any atom is -1.00 e. The van der Waals surface area contributed by atoms with Crippen molar-refractivity contribution in [2.24, 2.45) is 5.92 Å². The summed E-state index contributed by atoms with van der Waals surface area (Å²) >= 11 is 1.33. The Morgan fingerprint density at radius 1 is 1.09 bits per heavy atom. The number of piperidine rings is 1. The van der Waals surface area contributed by atoms with Gasteiger partial charge in [-0.05, 0) is 35.4 Å². The van der Waals surface area contributed by atoms with Gasteiger partial charge in [-0.15, -0.1) is 11.3 Å². The fourth-order valence-corrected chi connectivity index (χ4v) is 4.81. The van der Waals surface area contributed by atoms with Crippen LogP contribution in [0.5, 0.6) is 0 Å². The Kier molecular flexibility index (Phi) is 8.67. The summed E-state index contributed by atoms with van der Waals surface area (Å²) < 4.78 is 34.1. The first-order valence-corrected chi connectivity index (χ1v) is 11.7. The molecule has 0 saturated carbocycles. The number of halogens is 3. The lowest BCUT2D eigenvalue weighted by molar-refractivity contribution is -0.906. The smallest absolute Gasteiger partial charge is 0.310 e. The van der Waals surface area contributed by atoms with Crippen molar-refractivity contribution in [3.63, 3.8) is 0 Å². The number of nitrogens with zero attached hydrogens (tertiary/aromatic N) is 2. The zero-order valence-corrected chi connectivity index (χ0v) is 21.0. The number of esters is 1. The first-order valence-electron chi connectivity index (χ1n) is 10.8. The highest BCUT2D eigenvalue weighted by molar-refractivity contribution is 7.11. The highest BCUT2D eigenvalue weighted by Gasteiger charge is 2.37. The second kappa shape index (κ2) is 11.3. The zero-order chi connectivity index (χ0) is 23.4. The predicted molar refractivity (Wildman–Crippen MR) is 121 cm³/mol. The van der Waals surface area contributed by atoms with E-state index in [0.717, 1.165) is 0 Å². The van der Waals surface area contributed by atoms with Crippen LogP contribution < -0.4 is 17.0 Å². The van der Waals surface area contributed by atoms with Gasteiger partial charge in [0.1, 0.15) is 18.2 Å². The Hall–Kier alpha value is -2.49. The van der Waals surface area contributed by atoms with E-state index < -0.39 is 23.7 Å². The summed E-state index contributed by atoms with van der Waals surface area (Å²) in [6.07, 6.45) is 1.85. The Labute approximate surface area is 211 Å². The topological polar surface area (TPSA) is 56.3 Å². The van der Waals surface area contributed by atoms with Crippen LogP contribution in [0.1, 0.15) is 39.9 Å². The van der Waals surface area contributed by atoms with E-state index in [-0.39, 0.29) is 28.7 Å². The number of carbonyl (C=O) groups is 2. The molecule has 0 amide bonds. The van der Waals surface area contributed by atoms with E-state index in [9.17, 15) is 18.4 Å². The van der Waals surface area contributed by atoms with Crippen molar-refractivity contribution in [2.45, 2.75) is 18.9 Å². The number of aromatic nitrogens is 1. The summed E-state index contributed by atoms with van der Waals surface area (Å²) in [7, 11) is 2.01. The van der Waals surface area contributed by atoms with E-state index in [1.807, 2.05) is 7.05 Å². The molecular formula is C25H25BrF2N2O3S. The van der Waals surface area contributed by atoms with Gasteiger partial charge in [0.15, 0.2) is 11.1 Å². The molecule has 34 heavy (non-hydrogen) atoms. The van der Waals surface area contributed by atoms with Crippen molar-refractivity contribution in [3.05, 3.63) is 87.9 Å². The zero-order valence-electron chi connectivity index (χ0n) is 18.6. The number of thiazole rings is 1. The van der Waals surface area contributed by atoms with Gasteiger partial charge in [0.25, 0.3) is 0 Å². The highest BCUT2D eigenvalue weighted by Crippen LogP contribution is 2.31. The summed E-state index contributed by atoms with van der Waals surface area (Å²) in [6.45, 7) is 1.65. The molecule has 2 heterocycles. The lowest BCUT2D eigenvalue weighted by Crippen LogP contribution is -3.00. The van der Waals surface area contributed by atoms with Crippen LogP contribution in [0.2, 0.25) is 0 Å². The van der Waals surface area contributed by atoms with E-state index in [1.54, 1.807) is 23.7 Å². The van der Waals surface area contributed by atoms with Crippen molar-refractivity contribution in [3.8, 4) is 0 Å². The van der Waals surface area contributed by atoms with Crippen LogP contribution in [0.3, 0.4) is 0 Å².